The first-order chi connectivity index (χ1) is 8.58. The number of hydrogen-bond donors (Lipinski definition) is 2. The van der Waals surface area contributed by atoms with Gasteiger partial charge in [0.1, 0.15) is 5.82 Å². The zero-order valence-corrected chi connectivity index (χ0v) is 9.64. The SMILES string of the molecule is O=C(O)c1ccnc(NC(=O)c2ccoc2Cl)c1. The highest BCUT2D eigenvalue weighted by atomic mass is 35.5. The zero-order valence-electron chi connectivity index (χ0n) is 8.88. The van der Waals surface area contributed by atoms with Crippen molar-refractivity contribution in [2.24, 2.45) is 0 Å². The number of aromatic carboxylic acids is 1. The lowest BCUT2D eigenvalue weighted by molar-refractivity contribution is 0.0696. The lowest BCUT2D eigenvalue weighted by atomic mass is 10.2. The number of carbonyl (C=O) groups excluding carboxylic acids is 1. The number of rotatable bonds is 3. The Morgan fingerprint density at radius 3 is 2.78 bits per heavy atom. The second-order valence-electron chi connectivity index (χ2n) is 3.30. The highest BCUT2D eigenvalue weighted by molar-refractivity contribution is 6.32. The van der Waals surface area contributed by atoms with E-state index in [0.717, 1.165) is 0 Å². The summed E-state index contributed by atoms with van der Waals surface area (Å²) in [4.78, 5) is 26.3. The molecule has 0 unspecified atom stereocenters. The van der Waals surface area contributed by atoms with Gasteiger partial charge in [0.15, 0.2) is 0 Å². The van der Waals surface area contributed by atoms with Gasteiger partial charge >= 0.3 is 5.97 Å². The van der Waals surface area contributed by atoms with Gasteiger partial charge in [0, 0.05) is 6.20 Å². The van der Waals surface area contributed by atoms with E-state index in [2.05, 4.69) is 10.3 Å². The molecule has 0 bridgehead atoms. The Morgan fingerprint density at radius 1 is 1.39 bits per heavy atom. The first-order valence-electron chi connectivity index (χ1n) is 4.81. The number of pyridine rings is 1. The molecule has 6 nitrogen and oxygen atoms in total. The van der Waals surface area contributed by atoms with E-state index in [1.54, 1.807) is 0 Å². The monoisotopic (exact) mass is 266 g/mol. The van der Waals surface area contributed by atoms with Gasteiger partial charge in [-0.15, -0.1) is 0 Å². The minimum Gasteiger partial charge on any atom is -0.478 e. The van der Waals surface area contributed by atoms with Crippen LogP contribution in [0.1, 0.15) is 20.7 Å². The van der Waals surface area contributed by atoms with Crippen molar-refractivity contribution in [3.63, 3.8) is 0 Å². The third-order valence-corrected chi connectivity index (χ3v) is 2.40. The van der Waals surface area contributed by atoms with Crippen molar-refractivity contribution in [1.82, 2.24) is 4.98 Å². The van der Waals surface area contributed by atoms with Crippen molar-refractivity contribution < 1.29 is 19.1 Å². The number of nitrogens with one attached hydrogen (secondary N) is 1. The molecule has 2 aromatic rings. The molecule has 0 aliphatic heterocycles. The van der Waals surface area contributed by atoms with E-state index < -0.39 is 11.9 Å². The number of carbonyl (C=O) groups is 2. The molecule has 1 amide bonds. The first kappa shape index (κ1) is 12.1. The van der Waals surface area contributed by atoms with Crippen LogP contribution in [0.4, 0.5) is 5.82 Å². The van der Waals surface area contributed by atoms with Gasteiger partial charge in [-0.2, -0.15) is 0 Å². The number of carboxylic acids is 1. The molecule has 2 rings (SSSR count). The predicted octanol–water partition coefficient (Wildman–Crippen LogP) is 2.28. The number of nitrogens with zero attached hydrogens (tertiary/aromatic N) is 1. The third-order valence-electron chi connectivity index (χ3n) is 2.11. The average Bonchev–Trinajstić information content (AvgIpc) is 2.76. The molecule has 7 heteroatoms. The van der Waals surface area contributed by atoms with Crippen LogP contribution in [0.3, 0.4) is 0 Å². The maximum absolute atomic E-state index is 11.7. The quantitative estimate of drug-likeness (QED) is 0.889. The molecule has 0 saturated carbocycles. The Kier molecular flexibility index (Phi) is 3.29. The summed E-state index contributed by atoms with van der Waals surface area (Å²) in [5.41, 5.74) is 0.179. The van der Waals surface area contributed by atoms with Crippen LogP contribution < -0.4 is 5.32 Å². The largest absolute Gasteiger partial charge is 0.478 e. The summed E-state index contributed by atoms with van der Waals surface area (Å²) >= 11 is 5.64. The lowest BCUT2D eigenvalue weighted by Crippen LogP contribution is -2.13. The molecule has 2 N–H and O–H groups in total. The van der Waals surface area contributed by atoms with Gasteiger partial charge in [-0.1, -0.05) is 0 Å². The van der Waals surface area contributed by atoms with Gasteiger partial charge in [0.25, 0.3) is 5.91 Å². The number of amides is 1. The van der Waals surface area contributed by atoms with Crippen LogP contribution in [0.2, 0.25) is 5.22 Å². The molecule has 0 aliphatic rings. The zero-order chi connectivity index (χ0) is 13.1. The van der Waals surface area contributed by atoms with E-state index in [9.17, 15) is 9.59 Å². The van der Waals surface area contributed by atoms with Crippen molar-refractivity contribution >= 4 is 29.3 Å². The van der Waals surface area contributed by atoms with Gasteiger partial charge in [0.2, 0.25) is 5.22 Å². The molecule has 2 heterocycles. The molecule has 18 heavy (non-hydrogen) atoms. The van der Waals surface area contributed by atoms with Crippen LogP contribution in [0.15, 0.2) is 35.1 Å². The normalized spacial score (nSPS) is 10.1. The molecular formula is C11H7ClN2O4. The lowest BCUT2D eigenvalue weighted by Gasteiger charge is -2.03. The molecule has 0 fully saturated rings. The summed E-state index contributed by atoms with van der Waals surface area (Å²) in [5, 5.41) is 11.2. The van der Waals surface area contributed by atoms with Crippen molar-refractivity contribution in [3.05, 3.63) is 47.0 Å². The molecule has 0 aliphatic carbocycles. The fraction of sp³-hybridized carbons (Fsp3) is 0. The molecular weight excluding hydrogens is 260 g/mol. The van der Waals surface area contributed by atoms with E-state index >= 15 is 0 Å². The van der Waals surface area contributed by atoms with Gasteiger partial charge in [-0.05, 0) is 29.8 Å². The Bertz CT molecular complexity index is 609. The number of furan rings is 1. The minimum absolute atomic E-state index is 0.0265. The number of aromatic nitrogens is 1. The van der Waals surface area contributed by atoms with E-state index in [1.807, 2.05) is 0 Å². The smallest absolute Gasteiger partial charge is 0.335 e. The fourth-order valence-electron chi connectivity index (χ4n) is 1.27. The van der Waals surface area contributed by atoms with Gasteiger partial charge in [-0.3, -0.25) is 4.79 Å². The van der Waals surface area contributed by atoms with E-state index in [-0.39, 0.29) is 22.2 Å². The van der Waals surface area contributed by atoms with Gasteiger partial charge in [-0.25, -0.2) is 9.78 Å². The van der Waals surface area contributed by atoms with Crippen LogP contribution in [-0.4, -0.2) is 22.0 Å². The van der Waals surface area contributed by atoms with Crippen molar-refractivity contribution in [2.75, 3.05) is 5.32 Å². The summed E-state index contributed by atoms with van der Waals surface area (Å²) in [6.45, 7) is 0. The van der Waals surface area contributed by atoms with Crippen LogP contribution >= 0.6 is 11.6 Å². The van der Waals surface area contributed by atoms with Crippen molar-refractivity contribution in [3.8, 4) is 0 Å². The summed E-state index contributed by atoms with van der Waals surface area (Å²) in [6.07, 6.45) is 2.56. The van der Waals surface area contributed by atoms with E-state index in [4.69, 9.17) is 21.1 Å². The number of anilines is 1. The fourth-order valence-corrected chi connectivity index (χ4v) is 1.47. The Hall–Kier alpha value is -2.34. The Balaban J connectivity index is 2.20. The molecule has 0 saturated heterocycles. The third kappa shape index (κ3) is 2.49. The van der Waals surface area contributed by atoms with Crippen LogP contribution in [0.5, 0.6) is 0 Å². The van der Waals surface area contributed by atoms with Crippen LogP contribution in [0, 0.1) is 0 Å². The van der Waals surface area contributed by atoms with Gasteiger partial charge in [0.05, 0.1) is 17.4 Å². The Labute approximate surface area is 106 Å². The first-order valence-corrected chi connectivity index (χ1v) is 5.19. The Morgan fingerprint density at radius 2 is 2.17 bits per heavy atom. The topological polar surface area (TPSA) is 92.4 Å². The van der Waals surface area contributed by atoms with E-state index in [1.165, 1.54) is 30.7 Å². The second kappa shape index (κ2) is 4.89. The molecule has 0 spiro atoms. The molecule has 92 valence electrons. The summed E-state index contributed by atoms with van der Waals surface area (Å²) in [7, 11) is 0. The number of carboxylic acid groups (broad SMARTS) is 1. The van der Waals surface area contributed by atoms with Crippen molar-refractivity contribution in [2.45, 2.75) is 0 Å². The van der Waals surface area contributed by atoms with Crippen LogP contribution in [-0.2, 0) is 0 Å². The molecule has 2 aromatic heterocycles. The van der Waals surface area contributed by atoms with Crippen molar-refractivity contribution in [1.29, 1.82) is 0 Å². The van der Waals surface area contributed by atoms with E-state index in [0.29, 0.717) is 0 Å². The summed E-state index contributed by atoms with van der Waals surface area (Å²) in [5.74, 6) is -1.50. The molecule has 0 atom stereocenters. The highest BCUT2D eigenvalue weighted by Gasteiger charge is 2.14. The van der Waals surface area contributed by atoms with Crippen LogP contribution in [0.25, 0.3) is 0 Å². The summed E-state index contributed by atoms with van der Waals surface area (Å²) < 4.78 is 4.78. The molecule has 0 aromatic carbocycles. The number of hydrogen-bond acceptors (Lipinski definition) is 4. The minimum atomic E-state index is -1.10. The van der Waals surface area contributed by atoms with Gasteiger partial charge < -0.3 is 14.8 Å². The highest BCUT2D eigenvalue weighted by Crippen LogP contribution is 2.18. The summed E-state index contributed by atoms with van der Waals surface area (Å²) in [6, 6.07) is 3.97. The maximum atomic E-state index is 11.7. The number of halogens is 1. The average molecular weight is 267 g/mol. The molecule has 0 radical (unpaired) electrons. The standard InChI is InChI=1S/C11H7ClN2O4/c12-9-7(2-4-18-9)10(15)14-8-5-6(11(16)17)1-3-13-8/h1-5H,(H,16,17)(H,13,14,15). The predicted molar refractivity (Wildman–Crippen MR) is 62.9 cm³/mol. The second-order valence-corrected chi connectivity index (χ2v) is 3.64. The maximum Gasteiger partial charge on any atom is 0.335 e.